The van der Waals surface area contributed by atoms with Crippen LogP contribution in [-0.2, 0) is 5.41 Å². The number of benzene rings is 1. The van der Waals surface area contributed by atoms with Crippen molar-refractivity contribution in [1.29, 1.82) is 0 Å². The van der Waals surface area contributed by atoms with Gasteiger partial charge < -0.3 is 10.6 Å². The Balaban J connectivity index is 1.95. The molecular weight excluding hydrogens is 228 g/mol. The molecule has 2 rings (SSSR count). The predicted molar refractivity (Wildman–Crippen MR) is 77.5 cm³/mol. The SMILES string of the molecule is CC(C)(C)c1ccc(NC(=S)NC2CC2)cc1. The van der Waals surface area contributed by atoms with E-state index in [0.29, 0.717) is 6.04 Å². The van der Waals surface area contributed by atoms with Gasteiger partial charge in [0, 0.05) is 11.7 Å². The van der Waals surface area contributed by atoms with E-state index in [1.807, 2.05) is 0 Å². The Morgan fingerprint density at radius 2 is 1.76 bits per heavy atom. The first-order valence-corrected chi connectivity index (χ1v) is 6.54. The predicted octanol–water partition coefficient (Wildman–Crippen LogP) is 3.43. The van der Waals surface area contributed by atoms with Gasteiger partial charge in [0.2, 0.25) is 0 Å². The molecule has 0 unspecified atom stereocenters. The summed E-state index contributed by atoms with van der Waals surface area (Å²) in [7, 11) is 0. The molecule has 1 aliphatic rings. The minimum Gasteiger partial charge on any atom is -0.360 e. The molecule has 17 heavy (non-hydrogen) atoms. The van der Waals surface area contributed by atoms with Gasteiger partial charge in [0.05, 0.1) is 0 Å². The maximum Gasteiger partial charge on any atom is 0.170 e. The van der Waals surface area contributed by atoms with Gasteiger partial charge in [-0.05, 0) is 48.2 Å². The molecule has 1 saturated carbocycles. The molecule has 1 aromatic rings. The summed E-state index contributed by atoms with van der Waals surface area (Å²) in [5.41, 5.74) is 2.59. The van der Waals surface area contributed by atoms with Crippen molar-refractivity contribution in [2.24, 2.45) is 0 Å². The lowest BCUT2D eigenvalue weighted by Crippen LogP contribution is -2.30. The van der Waals surface area contributed by atoms with Gasteiger partial charge in [0.1, 0.15) is 0 Å². The van der Waals surface area contributed by atoms with Crippen LogP contribution in [0.4, 0.5) is 5.69 Å². The largest absolute Gasteiger partial charge is 0.360 e. The third-order valence-electron chi connectivity index (χ3n) is 2.92. The number of thiocarbonyl (C=S) groups is 1. The Bertz CT molecular complexity index is 399. The highest BCUT2D eigenvalue weighted by Gasteiger charge is 2.21. The first kappa shape index (κ1) is 12.4. The summed E-state index contributed by atoms with van der Waals surface area (Å²) < 4.78 is 0. The Morgan fingerprint density at radius 3 is 2.24 bits per heavy atom. The van der Waals surface area contributed by atoms with Gasteiger partial charge in [0.25, 0.3) is 0 Å². The van der Waals surface area contributed by atoms with E-state index in [1.54, 1.807) is 0 Å². The number of hydrogen-bond acceptors (Lipinski definition) is 1. The first-order valence-electron chi connectivity index (χ1n) is 6.13. The second kappa shape index (κ2) is 4.65. The van der Waals surface area contributed by atoms with Crippen molar-refractivity contribution >= 4 is 23.0 Å². The van der Waals surface area contributed by atoms with E-state index in [2.05, 4.69) is 55.7 Å². The molecule has 92 valence electrons. The number of anilines is 1. The first-order chi connectivity index (χ1) is 7.95. The molecule has 0 atom stereocenters. The van der Waals surface area contributed by atoms with E-state index in [-0.39, 0.29) is 5.41 Å². The van der Waals surface area contributed by atoms with Crippen LogP contribution >= 0.6 is 12.2 Å². The van der Waals surface area contributed by atoms with E-state index in [9.17, 15) is 0 Å². The molecule has 0 bridgehead atoms. The van der Waals surface area contributed by atoms with Crippen molar-refractivity contribution in [3.63, 3.8) is 0 Å². The zero-order valence-corrected chi connectivity index (χ0v) is 11.5. The Labute approximate surface area is 109 Å². The number of nitrogens with one attached hydrogen (secondary N) is 2. The van der Waals surface area contributed by atoms with Crippen molar-refractivity contribution in [3.05, 3.63) is 29.8 Å². The van der Waals surface area contributed by atoms with Crippen LogP contribution in [0.3, 0.4) is 0 Å². The molecule has 0 spiro atoms. The molecule has 0 aromatic heterocycles. The van der Waals surface area contributed by atoms with Crippen molar-refractivity contribution in [1.82, 2.24) is 5.32 Å². The van der Waals surface area contributed by atoms with Crippen LogP contribution < -0.4 is 10.6 Å². The van der Waals surface area contributed by atoms with Gasteiger partial charge in [-0.25, -0.2) is 0 Å². The molecule has 0 saturated heterocycles. The smallest absolute Gasteiger partial charge is 0.170 e. The topological polar surface area (TPSA) is 24.1 Å². The standard InChI is InChI=1S/C14H20N2S/c1-14(2,3)10-4-6-11(7-5-10)15-13(17)16-12-8-9-12/h4-7,12H,8-9H2,1-3H3,(H2,15,16,17). The molecule has 2 nitrogen and oxygen atoms in total. The van der Waals surface area contributed by atoms with Crippen molar-refractivity contribution in [2.75, 3.05) is 5.32 Å². The van der Waals surface area contributed by atoms with Gasteiger partial charge in [-0.1, -0.05) is 32.9 Å². The maximum absolute atomic E-state index is 5.24. The molecule has 0 aliphatic heterocycles. The van der Waals surface area contributed by atoms with Gasteiger partial charge in [0.15, 0.2) is 5.11 Å². The average molecular weight is 248 g/mol. The summed E-state index contributed by atoms with van der Waals surface area (Å²) in [6.45, 7) is 6.65. The normalized spacial score (nSPS) is 15.5. The van der Waals surface area contributed by atoms with E-state index in [1.165, 1.54) is 18.4 Å². The van der Waals surface area contributed by atoms with Gasteiger partial charge >= 0.3 is 0 Å². The van der Waals surface area contributed by atoms with Crippen LogP contribution in [-0.4, -0.2) is 11.2 Å². The molecular formula is C14H20N2S. The summed E-state index contributed by atoms with van der Waals surface area (Å²) in [5.74, 6) is 0. The summed E-state index contributed by atoms with van der Waals surface area (Å²) in [6, 6.07) is 9.08. The molecule has 3 heteroatoms. The van der Waals surface area contributed by atoms with E-state index in [4.69, 9.17) is 12.2 Å². The van der Waals surface area contributed by atoms with Crippen LogP contribution in [0.1, 0.15) is 39.2 Å². The molecule has 2 N–H and O–H groups in total. The van der Waals surface area contributed by atoms with Crippen molar-refractivity contribution in [2.45, 2.75) is 45.1 Å². The maximum atomic E-state index is 5.24. The third kappa shape index (κ3) is 3.70. The summed E-state index contributed by atoms with van der Waals surface area (Å²) in [6.07, 6.45) is 2.48. The lowest BCUT2D eigenvalue weighted by molar-refractivity contribution is 0.590. The highest BCUT2D eigenvalue weighted by atomic mass is 32.1. The zero-order valence-electron chi connectivity index (χ0n) is 10.7. The lowest BCUT2D eigenvalue weighted by Gasteiger charge is -2.19. The molecule has 0 amide bonds. The molecule has 0 heterocycles. The summed E-state index contributed by atoms with van der Waals surface area (Å²) in [5, 5.41) is 7.21. The minimum absolute atomic E-state index is 0.200. The van der Waals surface area contributed by atoms with E-state index < -0.39 is 0 Å². The summed E-state index contributed by atoms with van der Waals surface area (Å²) >= 11 is 5.24. The average Bonchev–Trinajstić information content (AvgIpc) is 3.01. The van der Waals surface area contributed by atoms with Crippen LogP contribution in [0, 0.1) is 0 Å². The van der Waals surface area contributed by atoms with Crippen molar-refractivity contribution in [3.8, 4) is 0 Å². The fourth-order valence-electron chi connectivity index (χ4n) is 1.63. The number of hydrogen-bond donors (Lipinski definition) is 2. The minimum atomic E-state index is 0.200. The van der Waals surface area contributed by atoms with Crippen molar-refractivity contribution < 1.29 is 0 Å². The van der Waals surface area contributed by atoms with E-state index in [0.717, 1.165) is 10.8 Å². The quantitative estimate of drug-likeness (QED) is 0.784. The highest BCUT2D eigenvalue weighted by Crippen LogP contribution is 2.23. The number of rotatable bonds is 2. The monoisotopic (exact) mass is 248 g/mol. The van der Waals surface area contributed by atoms with Crippen LogP contribution in [0.15, 0.2) is 24.3 Å². The van der Waals surface area contributed by atoms with Gasteiger partial charge in [-0.3, -0.25) is 0 Å². The molecule has 1 aliphatic carbocycles. The Morgan fingerprint density at radius 1 is 1.18 bits per heavy atom. The Kier molecular flexibility index (Phi) is 3.38. The highest BCUT2D eigenvalue weighted by molar-refractivity contribution is 7.80. The second-order valence-corrected chi connectivity index (χ2v) is 6.11. The van der Waals surface area contributed by atoms with Crippen LogP contribution in [0.25, 0.3) is 0 Å². The van der Waals surface area contributed by atoms with Crippen LogP contribution in [0.5, 0.6) is 0 Å². The zero-order chi connectivity index (χ0) is 12.5. The fourth-order valence-corrected chi connectivity index (χ4v) is 1.92. The molecule has 0 radical (unpaired) electrons. The van der Waals surface area contributed by atoms with E-state index >= 15 is 0 Å². The third-order valence-corrected chi connectivity index (χ3v) is 3.14. The fraction of sp³-hybridized carbons (Fsp3) is 0.500. The Hall–Kier alpha value is -1.09. The lowest BCUT2D eigenvalue weighted by atomic mass is 9.87. The van der Waals surface area contributed by atoms with Gasteiger partial charge in [-0.15, -0.1) is 0 Å². The summed E-state index contributed by atoms with van der Waals surface area (Å²) in [4.78, 5) is 0. The molecule has 1 fully saturated rings. The van der Waals surface area contributed by atoms with Gasteiger partial charge in [-0.2, -0.15) is 0 Å². The van der Waals surface area contributed by atoms with Crippen LogP contribution in [0.2, 0.25) is 0 Å². The second-order valence-electron chi connectivity index (χ2n) is 5.70. The molecule has 1 aromatic carbocycles.